The van der Waals surface area contributed by atoms with E-state index in [1.165, 1.54) is 11.8 Å². The highest BCUT2D eigenvalue weighted by Crippen LogP contribution is 2.30. The summed E-state index contributed by atoms with van der Waals surface area (Å²) in [5, 5.41) is 8.87. The smallest absolute Gasteiger partial charge is 0.233 e. The third-order valence-electron chi connectivity index (χ3n) is 5.96. The van der Waals surface area contributed by atoms with Crippen molar-refractivity contribution in [3.63, 3.8) is 0 Å². The van der Waals surface area contributed by atoms with Crippen LogP contribution >= 0.6 is 11.8 Å². The minimum absolute atomic E-state index is 0.0134. The van der Waals surface area contributed by atoms with Crippen LogP contribution in [-0.2, 0) is 38.1 Å². The maximum Gasteiger partial charge on any atom is 0.233 e. The molecule has 2 aromatic rings. The lowest BCUT2D eigenvalue weighted by Gasteiger charge is -2.28. The van der Waals surface area contributed by atoms with Crippen LogP contribution in [0.15, 0.2) is 35.5 Å². The molecule has 0 spiro atoms. The molecular formula is C20H26N4O5S3. The molecule has 2 aliphatic heterocycles. The quantitative estimate of drug-likeness (QED) is 0.519. The van der Waals surface area contributed by atoms with Gasteiger partial charge in [-0.05, 0) is 18.4 Å². The molecule has 1 amide bonds. The standard InChI is InChI=1S/C20H26N4O5S3/c1-23-19(16-7-9-31(26,27)13-16)21-22-20(23)30-12-18(25)24(11-15-5-3-2-4-6-15)17-8-10-32(28,29)14-17/h2-6,16-17H,7-14H2,1H3. The number of nitrogens with zero attached hydrogens (tertiary/aromatic N) is 4. The van der Waals surface area contributed by atoms with Crippen molar-refractivity contribution >= 4 is 37.3 Å². The minimum Gasteiger partial charge on any atom is -0.334 e. The topological polar surface area (TPSA) is 119 Å². The highest BCUT2D eigenvalue weighted by molar-refractivity contribution is 7.99. The predicted molar refractivity (Wildman–Crippen MR) is 122 cm³/mol. The Hall–Kier alpha value is -1.92. The van der Waals surface area contributed by atoms with E-state index in [4.69, 9.17) is 0 Å². The van der Waals surface area contributed by atoms with E-state index >= 15 is 0 Å². The molecule has 174 valence electrons. The maximum absolute atomic E-state index is 13.2. The largest absolute Gasteiger partial charge is 0.334 e. The van der Waals surface area contributed by atoms with Gasteiger partial charge in [0.05, 0.1) is 28.8 Å². The van der Waals surface area contributed by atoms with E-state index in [0.717, 1.165) is 5.56 Å². The Morgan fingerprint density at radius 2 is 1.75 bits per heavy atom. The molecule has 2 unspecified atom stereocenters. The number of carbonyl (C=O) groups is 1. The first-order valence-corrected chi connectivity index (χ1v) is 15.0. The second-order valence-corrected chi connectivity index (χ2v) is 13.8. The SMILES string of the molecule is Cn1c(SCC(=O)N(Cc2ccccc2)C2CCS(=O)(=O)C2)nnc1C1CCS(=O)(=O)C1. The van der Waals surface area contributed by atoms with Crippen LogP contribution in [0.3, 0.4) is 0 Å². The van der Waals surface area contributed by atoms with Crippen LogP contribution in [-0.4, -0.2) is 77.2 Å². The summed E-state index contributed by atoms with van der Waals surface area (Å²) in [6.45, 7) is 0.352. The molecule has 1 aromatic carbocycles. The molecule has 0 saturated carbocycles. The van der Waals surface area contributed by atoms with Gasteiger partial charge in [0, 0.05) is 25.6 Å². The zero-order chi connectivity index (χ0) is 22.9. The molecule has 3 heterocycles. The van der Waals surface area contributed by atoms with Gasteiger partial charge in [-0.2, -0.15) is 0 Å². The molecule has 32 heavy (non-hydrogen) atoms. The van der Waals surface area contributed by atoms with Gasteiger partial charge in [-0.3, -0.25) is 4.79 Å². The number of carbonyl (C=O) groups excluding carboxylic acids is 1. The second-order valence-electron chi connectivity index (χ2n) is 8.35. The summed E-state index contributed by atoms with van der Waals surface area (Å²) in [7, 11) is -4.39. The molecule has 2 aliphatic rings. The maximum atomic E-state index is 13.2. The van der Waals surface area contributed by atoms with E-state index in [0.29, 0.717) is 30.4 Å². The Labute approximate surface area is 192 Å². The van der Waals surface area contributed by atoms with E-state index in [1.54, 1.807) is 16.5 Å². The van der Waals surface area contributed by atoms with Gasteiger partial charge in [0.15, 0.2) is 24.8 Å². The van der Waals surface area contributed by atoms with Gasteiger partial charge in [-0.25, -0.2) is 16.8 Å². The highest BCUT2D eigenvalue weighted by Gasteiger charge is 2.35. The summed E-state index contributed by atoms with van der Waals surface area (Å²) in [5.74, 6) is 0.686. The number of amides is 1. The van der Waals surface area contributed by atoms with Crippen molar-refractivity contribution in [3.05, 3.63) is 41.7 Å². The van der Waals surface area contributed by atoms with Crippen LogP contribution in [0.25, 0.3) is 0 Å². The summed E-state index contributed by atoms with van der Waals surface area (Å²) in [4.78, 5) is 14.8. The van der Waals surface area contributed by atoms with Crippen LogP contribution < -0.4 is 0 Å². The molecule has 0 N–H and O–H groups in total. The first-order chi connectivity index (χ1) is 15.1. The minimum atomic E-state index is -3.13. The van der Waals surface area contributed by atoms with Crippen molar-refractivity contribution < 1.29 is 21.6 Å². The van der Waals surface area contributed by atoms with Gasteiger partial charge < -0.3 is 9.47 Å². The number of hydrogen-bond donors (Lipinski definition) is 0. The Balaban J connectivity index is 1.45. The van der Waals surface area contributed by atoms with Crippen LogP contribution in [0.4, 0.5) is 0 Å². The van der Waals surface area contributed by atoms with Crippen LogP contribution in [0.2, 0.25) is 0 Å². The molecule has 0 aliphatic carbocycles. The number of sulfone groups is 2. The number of thioether (sulfide) groups is 1. The Kier molecular flexibility index (Phi) is 6.64. The van der Waals surface area contributed by atoms with Crippen molar-refractivity contribution in [2.75, 3.05) is 28.8 Å². The first kappa shape index (κ1) is 23.2. The van der Waals surface area contributed by atoms with Crippen LogP contribution in [0.1, 0.15) is 30.1 Å². The lowest BCUT2D eigenvalue weighted by atomic mass is 10.1. The van der Waals surface area contributed by atoms with Crippen molar-refractivity contribution in [1.82, 2.24) is 19.7 Å². The fourth-order valence-corrected chi connectivity index (χ4v) is 8.51. The number of benzene rings is 1. The molecule has 2 saturated heterocycles. The number of hydrogen-bond acceptors (Lipinski definition) is 8. The third-order valence-corrected chi connectivity index (χ3v) is 10.5. The monoisotopic (exact) mass is 498 g/mol. The van der Waals surface area contributed by atoms with Gasteiger partial charge in [-0.1, -0.05) is 42.1 Å². The first-order valence-electron chi connectivity index (χ1n) is 10.4. The lowest BCUT2D eigenvalue weighted by Crippen LogP contribution is -2.41. The molecular weight excluding hydrogens is 472 g/mol. The van der Waals surface area contributed by atoms with E-state index in [-0.39, 0.29) is 46.6 Å². The molecule has 9 nitrogen and oxygen atoms in total. The number of aromatic nitrogens is 3. The van der Waals surface area contributed by atoms with E-state index < -0.39 is 19.7 Å². The van der Waals surface area contributed by atoms with Crippen LogP contribution in [0.5, 0.6) is 0 Å². The van der Waals surface area contributed by atoms with Gasteiger partial charge in [0.1, 0.15) is 5.82 Å². The van der Waals surface area contributed by atoms with Crippen molar-refractivity contribution in [2.24, 2.45) is 7.05 Å². The predicted octanol–water partition coefficient (Wildman–Crippen LogP) is 1.03. The van der Waals surface area contributed by atoms with E-state index in [2.05, 4.69) is 10.2 Å². The molecule has 0 bridgehead atoms. The average molecular weight is 499 g/mol. The van der Waals surface area contributed by atoms with Crippen molar-refractivity contribution in [3.8, 4) is 0 Å². The third kappa shape index (κ3) is 5.34. The fourth-order valence-electron chi connectivity index (χ4n) is 4.24. The molecule has 1 aromatic heterocycles. The summed E-state index contributed by atoms with van der Waals surface area (Å²) < 4.78 is 49.4. The molecule has 2 atom stereocenters. The normalized spacial score (nSPS) is 23.9. The lowest BCUT2D eigenvalue weighted by molar-refractivity contribution is -0.130. The zero-order valence-electron chi connectivity index (χ0n) is 17.8. The molecule has 12 heteroatoms. The summed E-state index contributed by atoms with van der Waals surface area (Å²) in [6.07, 6.45) is 0.967. The summed E-state index contributed by atoms with van der Waals surface area (Å²) >= 11 is 1.23. The Bertz CT molecular complexity index is 1200. The number of rotatable bonds is 7. The Morgan fingerprint density at radius 1 is 1.06 bits per heavy atom. The van der Waals surface area contributed by atoms with Gasteiger partial charge in [0.2, 0.25) is 5.91 Å². The Morgan fingerprint density at radius 3 is 2.38 bits per heavy atom. The van der Waals surface area contributed by atoms with Crippen molar-refractivity contribution in [2.45, 2.75) is 36.5 Å². The van der Waals surface area contributed by atoms with E-state index in [1.807, 2.05) is 30.3 Å². The van der Waals surface area contributed by atoms with Crippen LogP contribution in [0, 0.1) is 0 Å². The van der Waals surface area contributed by atoms with Crippen molar-refractivity contribution in [1.29, 1.82) is 0 Å². The molecule has 4 rings (SSSR count). The molecule has 2 fully saturated rings. The van der Waals surface area contributed by atoms with Gasteiger partial charge in [0.25, 0.3) is 0 Å². The van der Waals surface area contributed by atoms with Gasteiger partial charge in [-0.15, -0.1) is 10.2 Å². The summed E-state index contributed by atoms with van der Waals surface area (Å²) in [6, 6.07) is 9.17. The second kappa shape index (κ2) is 9.14. The van der Waals surface area contributed by atoms with E-state index in [9.17, 15) is 21.6 Å². The summed E-state index contributed by atoms with van der Waals surface area (Å²) in [5.41, 5.74) is 0.943. The average Bonchev–Trinajstić information content (AvgIpc) is 3.41. The fraction of sp³-hybridized carbons (Fsp3) is 0.550. The highest BCUT2D eigenvalue weighted by atomic mass is 32.2. The molecule has 0 radical (unpaired) electrons. The zero-order valence-corrected chi connectivity index (χ0v) is 20.2. The van der Waals surface area contributed by atoms with Gasteiger partial charge >= 0.3 is 0 Å².